The van der Waals surface area contributed by atoms with Crippen molar-refractivity contribution >= 4 is 34.4 Å². The number of amides is 2. The van der Waals surface area contributed by atoms with Gasteiger partial charge >= 0.3 is 0 Å². The van der Waals surface area contributed by atoms with Crippen LogP contribution in [0, 0.1) is 8.99 Å². The number of benzene rings is 1. The van der Waals surface area contributed by atoms with E-state index in [1.54, 1.807) is 4.90 Å². The number of likely N-dealkylation sites (tertiary alicyclic amines) is 1. The largest absolute Gasteiger partial charge is 0.369 e. The van der Waals surface area contributed by atoms with Gasteiger partial charge in [0, 0.05) is 16.7 Å². The number of carbonyl (C=O) groups is 2. The monoisotopic (exact) mass is 358 g/mol. The van der Waals surface area contributed by atoms with E-state index in [1.165, 1.54) is 0 Å². The van der Waals surface area contributed by atoms with Gasteiger partial charge in [-0.2, -0.15) is 0 Å². The Morgan fingerprint density at radius 1 is 1.39 bits per heavy atom. The Bertz CT molecular complexity index is 504. The zero-order chi connectivity index (χ0) is 13.3. The smallest absolute Gasteiger partial charge is 0.254 e. The molecule has 1 aromatic carbocycles. The summed E-state index contributed by atoms with van der Waals surface area (Å²) in [5.41, 5.74) is 5.48. The summed E-state index contributed by atoms with van der Waals surface area (Å²) in [7, 11) is 0. The first-order valence-electron chi connectivity index (χ1n) is 5.78. The van der Waals surface area contributed by atoms with Crippen LogP contribution in [0.25, 0.3) is 0 Å². The van der Waals surface area contributed by atoms with E-state index < -0.39 is 5.41 Å². The van der Waals surface area contributed by atoms with Gasteiger partial charge in [-0.05, 0) is 48.1 Å². The molecule has 1 aromatic rings. The predicted molar refractivity (Wildman–Crippen MR) is 77.0 cm³/mol. The Kier molecular flexibility index (Phi) is 3.61. The van der Waals surface area contributed by atoms with Crippen molar-refractivity contribution in [2.24, 2.45) is 11.1 Å². The Balaban J connectivity index is 2.18. The first-order chi connectivity index (χ1) is 8.44. The molecule has 0 aliphatic carbocycles. The average molecular weight is 358 g/mol. The number of halogens is 1. The number of rotatable bonds is 2. The van der Waals surface area contributed by atoms with E-state index in [0.29, 0.717) is 25.1 Å². The fourth-order valence-electron chi connectivity index (χ4n) is 2.14. The van der Waals surface area contributed by atoms with Gasteiger partial charge in [0.2, 0.25) is 5.91 Å². The van der Waals surface area contributed by atoms with Crippen molar-refractivity contribution in [2.75, 3.05) is 13.1 Å². The maximum absolute atomic E-state index is 12.3. The molecule has 1 fully saturated rings. The molecule has 1 heterocycles. The number of primary amides is 1. The Hall–Kier alpha value is -1.11. The summed E-state index contributed by atoms with van der Waals surface area (Å²) >= 11 is 2.15. The van der Waals surface area contributed by atoms with Gasteiger partial charge in [-0.25, -0.2) is 0 Å². The lowest BCUT2D eigenvalue weighted by atomic mass is 9.89. The summed E-state index contributed by atoms with van der Waals surface area (Å²) < 4.78 is 0.924. The molecule has 1 aliphatic rings. The van der Waals surface area contributed by atoms with Crippen molar-refractivity contribution in [3.05, 3.63) is 33.4 Å². The van der Waals surface area contributed by atoms with Gasteiger partial charge in [-0.3, -0.25) is 9.59 Å². The minimum absolute atomic E-state index is 0.0232. The molecule has 4 nitrogen and oxygen atoms in total. The van der Waals surface area contributed by atoms with Crippen molar-refractivity contribution in [1.29, 1.82) is 0 Å². The molecule has 2 rings (SSSR count). The van der Waals surface area contributed by atoms with Crippen LogP contribution in [0.15, 0.2) is 24.3 Å². The van der Waals surface area contributed by atoms with E-state index in [-0.39, 0.29) is 11.8 Å². The molecule has 1 saturated heterocycles. The normalized spacial score (nSPS) is 23.1. The van der Waals surface area contributed by atoms with Crippen LogP contribution in [-0.2, 0) is 4.79 Å². The quantitative estimate of drug-likeness (QED) is 0.817. The first-order valence-corrected chi connectivity index (χ1v) is 6.86. The van der Waals surface area contributed by atoms with Gasteiger partial charge in [0.25, 0.3) is 5.91 Å². The number of hydrogen-bond donors (Lipinski definition) is 1. The van der Waals surface area contributed by atoms with Gasteiger partial charge in [0.1, 0.15) is 0 Å². The van der Waals surface area contributed by atoms with E-state index in [1.807, 2.05) is 31.2 Å². The van der Waals surface area contributed by atoms with Gasteiger partial charge in [0.15, 0.2) is 0 Å². The SMILES string of the molecule is CC1(C(N)=O)CCN(C(=O)c2ccccc2I)C1. The fourth-order valence-corrected chi connectivity index (χ4v) is 2.76. The molecule has 18 heavy (non-hydrogen) atoms. The molecule has 96 valence electrons. The minimum atomic E-state index is -0.587. The van der Waals surface area contributed by atoms with Crippen LogP contribution in [0.4, 0.5) is 0 Å². The van der Waals surface area contributed by atoms with Crippen LogP contribution in [0.5, 0.6) is 0 Å². The molecule has 0 aromatic heterocycles. The molecule has 1 atom stereocenters. The number of nitrogens with zero attached hydrogens (tertiary/aromatic N) is 1. The highest BCUT2D eigenvalue weighted by Gasteiger charge is 2.40. The lowest BCUT2D eigenvalue weighted by molar-refractivity contribution is -0.126. The molecular weight excluding hydrogens is 343 g/mol. The van der Waals surface area contributed by atoms with Crippen LogP contribution in [0.3, 0.4) is 0 Å². The molecule has 1 aliphatic heterocycles. The average Bonchev–Trinajstić information content (AvgIpc) is 2.73. The Morgan fingerprint density at radius 3 is 2.61 bits per heavy atom. The first kappa shape index (κ1) is 13.3. The molecule has 2 amide bonds. The number of hydrogen-bond acceptors (Lipinski definition) is 2. The van der Waals surface area contributed by atoms with Crippen molar-refractivity contribution < 1.29 is 9.59 Å². The Morgan fingerprint density at radius 2 is 2.06 bits per heavy atom. The zero-order valence-electron chi connectivity index (χ0n) is 10.1. The van der Waals surface area contributed by atoms with Crippen molar-refractivity contribution in [3.8, 4) is 0 Å². The highest BCUT2D eigenvalue weighted by atomic mass is 127. The van der Waals surface area contributed by atoms with Gasteiger partial charge in [-0.1, -0.05) is 12.1 Å². The molecular formula is C13H15IN2O2. The summed E-state index contributed by atoms with van der Waals surface area (Å²) in [5.74, 6) is -0.356. The van der Waals surface area contributed by atoms with Gasteiger partial charge in [-0.15, -0.1) is 0 Å². The third kappa shape index (κ3) is 2.36. The van der Waals surface area contributed by atoms with Crippen molar-refractivity contribution in [1.82, 2.24) is 4.90 Å². The maximum atomic E-state index is 12.3. The topological polar surface area (TPSA) is 63.4 Å². The highest BCUT2D eigenvalue weighted by Crippen LogP contribution is 2.30. The van der Waals surface area contributed by atoms with E-state index in [9.17, 15) is 9.59 Å². The fraction of sp³-hybridized carbons (Fsp3) is 0.385. The highest BCUT2D eigenvalue weighted by molar-refractivity contribution is 14.1. The number of nitrogens with two attached hydrogens (primary N) is 1. The van der Waals surface area contributed by atoms with Crippen LogP contribution in [0.1, 0.15) is 23.7 Å². The van der Waals surface area contributed by atoms with Gasteiger partial charge < -0.3 is 10.6 Å². The molecule has 0 saturated carbocycles. The number of carbonyl (C=O) groups excluding carboxylic acids is 2. The van der Waals surface area contributed by atoms with Crippen LogP contribution in [0.2, 0.25) is 0 Å². The second-order valence-corrected chi connectivity index (χ2v) is 6.04. The van der Waals surface area contributed by atoms with E-state index >= 15 is 0 Å². The Labute approximate surface area is 120 Å². The van der Waals surface area contributed by atoms with Gasteiger partial charge in [0.05, 0.1) is 11.0 Å². The van der Waals surface area contributed by atoms with E-state index in [4.69, 9.17) is 5.73 Å². The molecule has 2 N–H and O–H groups in total. The van der Waals surface area contributed by atoms with E-state index in [2.05, 4.69) is 22.6 Å². The summed E-state index contributed by atoms with van der Waals surface area (Å²) in [6.07, 6.45) is 0.636. The summed E-state index contributed by atoms with van der Waals surface area (Å²) in [6.45, 7) is 2.81. The van der Waals surface area contributed by atoms with Crippen LogP contribution >= 0.6 is 22.6 Å². The molecule has 5 heteroatoms. The zero-order valence-corrected chi connectivity index (χ0v) is 12.3. The minimum Gasteiger partial charge on any atom is -0.369 e. The van der Waals surface area contributed by atoms with E-state index in [0.717, 1.165) is 3.57 Å². The molecule has 1 unspecified atom stereocenters. The second-order valence-electron chi connectivity index (χ2n) is 4.88. The maximum Gasteiger partial charge on any atom is 0.254 e. The second kappa shape index (κ2) is 4.87. The standard InChI is InChI=1S/C13H15IN2O2/c1-13(12(15)18)6-7-16(8-13)11(17)9-4-2-3-5-10(9)14/h2-5H,6-8H2,1H3,(H2,15,18). The van der Waals surface area contributed by atoms with Crippen LogP contribution < -0.4 is 5.73 Å². The van der Waals surface area contributed by atoms with Crippen molar-refractivity contribution in [3.63, 3.8) is 0 Å². The lowest BCUT2D eigenvalue weighted by Gasteiger charge is -2.21. The molecule has 0 bridgehead atoms. The third-order valence-electron chi connectivity index (χ3n) is 3.46. The lowest BCUT2D eigenvalue weighted by Crippen LogP contribution is -2.38. The molecule has 0 spiro atoms. The summed E-state index contributed by atoms with van der Waals surface area (Å²) in [6, 6.07) is 7.45. The summed E-state index contributed by atoms with van der Waals surface area (Å²) in [5, 5.41) is 0. The van der Waals surface area contributed by atoms with Crippen LogP contribution in [-0.4, -0.2) is 29.8 Å². The summed E-state index contributed by atoms with van der Waals surface area (Å²) in [4.78, 5) is 25.4. The van der Waals surface area contributed by atoms with Crippen molar-refractivity contribution in [2.45, 2.75) is 13.3 Å². The third-order valence-corrected chi connectivity index (χ3v) is 4.40. The molecule has 0 radical (unpaired) electrons. The predicted octanol–water partition coefficient (Wildman–Crippen LogP) is 1.63.